The Morgan fingerprint density at radius 1 is 1.44 bits per heavy atom. The molecule has 50 valence electrons. The third kappa shape index (κ3) is 2.51. The molecule has 9 heavy (non-hydrogen) atoms. The van der Waals surface area contributed by atoms with Crippen LogP contribution in [0.5, 0.6) is 0 Å². The van der Waals surface area contributed by atoms with Crippen LogP contribution in [0.25, 0.3) is 0 Å². The van der Waals surface area contributed by atoms with Gasteiger partial charge in [0.1, 0.15) is 0 Å². The molecule has 0 atom stereocenters. The number of hydrogen-bond donors (Lipinski definition) is 1. The van der Waals surface area contributed by atoms with E-state index in [-0.39, 0.29) is 0 Å². The Labute approximate surface area is 60.4 Å². The molecule has 1 N–H and O–H groups in total. The van der Waals surface area contributed by atoms with Gasteiger partial charge in [0.25, 0.3) is 0 Å². The van der Waals surface area contributed by atoms with Crippen LogP contribution in [0.15, 0.2) is 24.3 Å². The number of hydrogen-bond acceptors (Lipinski definition) is 2. The molecule has 2 heteroatoms. The van der Waals surface area contributed by atoms with Crippen molar-refractivity contribution in [1.82, 2.24) is 0 Å². The van der Waals surface area contributed by atoms with Crippen molar-refractivity contribution in [2.75, 3.05) is 6.26 Å². The van der Waals surface area contributed by atoms with Gasteiger partial charge in [-0.2, -0.15) is 0 Å². The van der Waals surface area contributed by atoms with Crippen LogP contribution in [0, 0.1) is 5.41 Å². The van der Waals surface area contributed by atoms with Gasteiger partial charge in [-0.3, -0.25) is 5.41 Å². The van der Waals surface area contributed by atoms with Crippen molar-refractivity contribution in [3.05, 3.63) is 24.3 Å². The largest absolute Gasteiger partial charge is 0.293 e. The molecule has 0 radical (unpaired) electrons. The molecule has 0 bridgehead atoms. The van der Waals surface area contributed by atoms with E-state index < -0.39 is 0 Å². The fraction of sp³-hybridized carbons (Fsp3) is 0.286. The lowest BCUT2D eigenvalue weighted by Crippen LogP contribution is -1.93. The van der Waals surface area contributed by atoms with Crippen LogP contribution in [0.2, 0.25) is 0 Å². The summed E-state index contributed by atoms with van der Waals surface area (Å²) in [4.78, 5) is 0. The Morgan fingerprint density at radius 3 is 2.00 bits per heavy atom. The van der Waals surface area contributed by atoms with Crippen LogP contribution in [0.1, 0.15) is 6.92 Å². The zero-order chi connectivity index (χ0) is 7.44. The second-order valence-corrected chi connectivity index (χ2v) is 2.61. The molecule has 0 aromatic heterocycles. The number of allylic oxidation sites excluding steroid dienone is 1. The molecule has 0 aliphatic rings. The van der Waals surface area contributed by atoms with E-state index in [0.29, 0.717) is 5.04 Å². The van der Waals surface area contributed by atoms with Crippen LogP contribution in [0.4, 0.5) is 0 Å². The van der Waals surface area contributed by atoms with Gasteiger partial charge in [0.15, 0.2) is 0 Å². The number of thioether (sulfide) groups is 1. The summed E-state index contributed by atoms with van der Waals surface area (Å²) in [5.41, 5.74) is 1.61. The summed E-state index contributed by atoms with van der Waals surface area (Å²) in [7, 11) is 0. The predicted octanol–water partition coefficient (Wildman–Crippen LogP) is 2.46. The van der Waals surface area contributed by atoms with Gasteiger partial charge >= 0.3 is 0 Å². The lowest BCUT2D eigenvalue weighted by Gasteiger charge is -2.01. The second kappa shape index (κ2) is 3.51. The van der Waals surface area contributed by atoms with E-state index >= 15 is 0 Å². The minimum absolute atomic E-state index is 0.502. The van der Waals surface area contributed by atoms with Crippen molar-refractivity contribution >= 4 is 16.8 Å². The molecule has 0 unspecified atom stereocenters. The standard InChI is InChI=1S/C7H11NS/c1-5(2)6(3)7(8)9-4/h8H,1,3H2,2,4H3. The van der Waals surface area contributed by atoms with Crippen LogP contribution in [-0.2, 0) is 0 Å². The van der Waals surface area contributed by atoms with Gasteiger partial charge in [-0.25, -0.2) is 0 Å². The number of nitrogens with one attached hydrogen (secondary N) is 1. The molecule has 1 nitrogen and oxygen atoms in total. The average Bonchev–Trinajstić information content (AvgIpc) is 1.84. The van der Waals surface area contributed by atoms with Gasteiger partial charge in [0.05, 0.1) is 5.04 Å². The Hall–Kier alpha value is -0.500. The van der Waals surface area contributed by atoms with E-state index in [1.165, 1.54) is 11.8 Å². The molecule has 0 heterocycles. The smallest absolute Gasteiger partial charge is 0.0936 e. The maximum Gasteiger partial charge on any atom is 0.0936 e. The Bertz CT molecular complexity index is 158. The average molecular weight is 141 g/mol. The zero-order valence-electron chi connectivity index (χ0n) is 5.82. The van der Waals surface area contributed by atoms with Crippen LogP contribution in [0.3, 0.4) is 0 Å². The molecule has 0 aromatic rings. The minimum Gasteiger partial charge on any atom is -0.293 e. The first-order valence-electron chi connectivity index (χ1n) is 2.57. The van der Waals surface area contributed by atoms with Gasteiger partial charge in [0.2, 0.25) is 0 Å². The van der Waals surface area contributed by atoms with Gasteiger partial charge < -0.3 is 0 Å². The molecule has 0 aromatic carbocycles. The maximum absolute atomic E-state index is 7.28. The molecule has 0 fully saturated rings. The summed E-state index contributed by atoms with van der Waals surface area (Å²) < 4.78 is 0. The summed E-state index contributed by atoms with van der Waals surface area (Å²) in [6.07, 6.45) is 1.86. The molecule has 0 aliphatic carbocycles. The first kappa shape index (κ1) is 8.50. The maximum atomic E-state index is 7.28. The van der Waals surface area contributed by atoms with Crippen molar-refractivity contribution in [1.29, 1.82) is 5.41 Å². The Morgan fingerprint density at radius 2 is 1.89 bits per heavy atom. The fourth-order valence-electron chi connectivity index (χ4n) is 0.317. The minimum atomic E-state index is 0.502. The van der Waals surface area contributed by atoms with Crippen LogP contribution in [-0.4, -0.2) is 11.3 Å². The molecule has 0 saturated carbocycles. The highest BCUT2D eigenvalue weighted by Crippen LogP contribution is 2.11. The first-order valence-corrected chi connectivity index (χ1v) is 3.79. The van der Waals surface area contributed by atoms with Crippen molar-refractivity contribution < 1.29 is 0 Å². The van der Waals surface area contributed by atoms with Crippen LogP contribution >= 0.6 is 11.8 Å². The molecule has 0 aliphatic heterocycles. The third-order valence-corrected chi connectivity index (χ3v) is 1.65. The predicted molar refractivity (Wildman–Crippen MR) is 45.2 cm³/mol. The summed E-state index contributed by atoms with van der Waals surface area (Å²) >= 11 is 1.38. The van der Waals surface area contributed by atoms with Crippen molar-refractivity contribution in [3.8, 4) is 0 Å². The van der Waals surface area contributed by atoms with E-state index in [2.05, 4.69) is 13.2 Å². The topological polar surface area (TPSA) is 23.9 Å². The summed E-state index contributed by atoms with van der Waals surface area (Å²) in [5.74, 6) is 0. The van der Waals surface area contributed by atoms with Gasteiger partial charge in [-0.15, -0.1) is 11.8 Å². The van der Waals surface area contributed by atoms with Crippen molar-refractivity contribution in [2.45, 2.75) is 6.92 Å². The van der Waals surface area contributed by atoms with E-state index in [4.69, 9.17) is 5.41 Å². The summed E-state index contributed by atoms with van der Waals surface area (Å²) in [5, 5.41) is 7.78. The van der Waals surface area contributed by atoms with E-state index in [0.717, 1.165) is 11.1 Å². The molecule has 0 saturated heterocycles. The Kier molecular flexibility index (Phi) is 3.32. The molecule has 0 rings (SSSR count). The monoisotopic (exact) mass is 141 g/mol. The first-order chi connectivity index (χ1) is 4.09. The Balaban J connectivity index is 4.05. The normalized spacial score (nSPS) is 8.67. The summed E-state index contributed by atoms with van der Waals surface area (Å²) in [6.45, 7) is 9.20. The van der Waals surface area contributed by atoms with E-state index in [9.17, 15) is 0 Å². The molecular weight excluding hydrogens is 130 g/mol. The highest BCUT2D eigenvalue weighted by atomic mass is 32.2. The highest BCUT2D eigenvalue weighted by Gasteiger charge is 1.98. The lowest BCUT2D eigenvalue weighted by atomic mass is 10.2. The molecular formula is C7H11NS. The zero-order valence-corrected chi connectivity index (χ0v) is 6.64. The number of rotatable bonds is 2. The molecule has 0 amide bonds. The van der Waals surface area contributed by atoms with Gasteiger partial charge in [-0.05, 0) is 18.8 Å². The highest BCUT2D eigenvalue weighted by molar-refractivity contribution is 8.13. The van der Waals surface area contributed by atoms with Gasteiger partial charge in [0, 0.05) is 5.57 Å². The molecule has 0 spiro atoms. The lowest BCUT2D eigenvalue weighted by molar-refractivity contribution is 1.47. The van der Waals surface area contributed by atoms with Gasteiger partial charge in [-0.1, -0.05) is 13.2 Å². The summed E-state index contributed by atoms with van der Waals surface area (Å²) in [6, 6.07) is 0. The quantitative estimate of drug-likeness (QED) is 0.356. The fourth-order valence-corrected chi connectivity index (χ4v) is 0.738. The second-order valence-electron chi connectivity index (χ2n) is 1.79. The van der Waals surface area contributed by atoms with Crippen LogP contribution < -0.4 is 0 Å². The van der Waals surface area contributed by atoms with Crippen molar-refractivity contribution in [2.24, 2.45) is 0 Å². The van der Waals surface area contributed by atoms with E-state index in [1.807, 2.05) is 13.2 Å². The van der Waals surface area contributed by atoms with Crippen molar-refractivity contribution in [3.63, 3.8) is 0 Å². The SMILES string of the molecule is C=C(C)C(=C)C(=N)SC. The third-order valence-electron chi connectivity index (χ3n) is 0.993. The van der Waals surface area contributed by atoms with E-state index in [1.54, 1.807) is 0 Å².